The van der Waals surface area contributed by atoms with Gasteiger partial charge < -0.3 is 15.4 Å². The van der Waals surface area contributed by atoms with E-state index < -0.39 is 0 Å². The van der Waals surface area contributed by atoms with Crippen molar-refractivity contribution in [1.82, 2.24) is 4.90 Å². The Bertz CT molecular complexity index is 208. The molecule has 4 heteroatoms. The highest BCUT2D eigenvalue weighted by Crippen LogP contribution is 2.18. The maximum absolute atomic E-state index is 11.5. The zero-order valence-corrected chi connectivity index (χ0v) is 9.25. The summed E-state index contributed by atoms with van der Waals surface area (Å²) in [4.78, 5) is 13.4. The van der Waals surface area contributed by atoms with Crippen molar-refractivity contribution in [1.29, 1.82) is 0 Å². The van der Waals surface area contributed by atoms with E-state index in [0.29, 0.717) is 19.5 Å². The maximum atomic E-state index is 11.5. The number of methoxy groups -OCH3 is 1. The van der Waals surface area contributed by atoms with Crippen molar-refractivity contribution in [3.63, 3.8) is 0 Å². The van der Waals surface area contributed by atoms with Gasteiger partial charge in [-0.1, -0.05) is 0 Å². The molecule has 1 aliphatic rings. The van der Waals surface area contributed by atoms with Gasteiger partial charge in [0.2, 0.25) is 5.91 Å². The van der Waals surface area contributed by atoms with Crippen molar-refractivity contribution >= 4 is 5.91 Å². The maximum Gasteiger partial charge on any atom is 0.222 e. The molecule has 0 spiro atoms. The Hall–Kier alpha value is -0.610. The molecular weight excluding hydrogens is 180 g/mol. The van der Waals surface area contributed by atoms with Crippen molar-refractivity contribution in [3.8, 4) is 0 Å². The van der Waals surface area contributed by atoms with Crippen LogP contribution in [-0.4, -0.2) is 42.6 Å². The minimum Gasteiger partial charge on any atom is -0.382 e. The first kappa shape index (κ1) is 11.5. The van der Waals surface area contributed by atoms with E-state index in [-0.39, 0.29) is 17.6 Å². The summed E-state index contributed by atoms with van der Waals surface area (Å²) in [6, 6.07) is 0. The molecule has 0 radical (unpaired) electrons. The highest BCUT2D eigenvalue weighted by atomic mass is 16.5. The van der Waals surface area contributed by atoms with Crippen LogP contribution in [0.25, 0.3) is 0 Å². The summed E-state index contributed by atoms with van der Waals surface area (Å²) in [5.74, 6) is 0.192. The summed E-state index contributed by atoms with van der Waals surface area (Å²) in [5, 5.41) is 0. The second-order valence-corrected chi connectivity index (χ2v) is 4.49. The number of nitrogens with zero attached hydrogens (tertiary/aromatic N) is 1. The predicted octanol–water partition coefficient (Wildman–Crippen LogP) is 0.361. The lowest BCUT2D eigenvalue weighted by atomic mass is 9.93. The van der Waals surface area contributed by atoms with Crippen LogP contribution in [0.2, 0.25) is 0 Å². The standard InChI is InChI=1S/C10H20N2O2/c1-8(14-3)4-5-9(13)12-6-10(2,11)7-12/h8H,4-7,11H2,1-3H3. The lowest BCUT2D eigenvalue weighted by molar-refractivity contribution is -0.138. The number of nitrogens with two attached hydrogens (primary N) is 1. The third-order valence-corrected chi connectivity index (χ3v) is 2.62. The van der Waals surface area contributed by atoms with Crippen LogP contribution >= 0.6 is 0 Å². The van der Waals surface area contributed by atoms with Crippen LogP contribution in [0.15, 0.2) is 0 Å². The summed E-state index contributed by atoms with van der Waals surface area (Å²) in [6.45, 7) is 5.31. The van der Waals surface area contributed by atoms with Gasteiger partial charge >= 0.3 is 0 Å². The van der Waals surface area contributed by atoms with E-state index in [0.717, 1.165) is 6.42 Å². The van der Waals surface area contributed by atoms with E-state index in [1.165, 1.54) is 0 Å². The van der Waals surface area contributed by atoms with Gasteiger partial charge in [-0.2, -0.15) is 0 Å². The average Bonchev–Trinajstić information content (AvgIpc) is 2.09. The molecular formula is C10H20N2O2. The largest absolute Gasteiger partial charge is 0.382 e. The summed E-state index contributed by atoms with van der Waals surface area (Å²) in [7, 11) is 1.66. The van der Waals surface area contributed by atoms with Crippen LogP contribution < -0.4 is 5.73 Å². The number of amides is 1. The van der Waals surface area contributed by atoms with Crippen LogP contribution in [0.1, 0.15) is 26.7 Å². The van der Waals surface area contributed by atoms with Gasteiger partial charge in [0.1, 0.15) is 0 Å². The summed E-state index contributed by atoms with van der Waals surface area (Å²) < 4.78 is 5.08. The van der Waals surface area contributed by atoms with E-state index in [2.05, 4.69) is 0 Å². The van der Waals surface area contributed by atoms with E-state index in [1.807, 2.05) is 18.7 Å². The van der Waals surface area contributed by atoms with Gasteiger partial charge in [0, 0.05) is 32.2 Å². The first-order valence-electron chi connectivity index (χ1n) is 5.04. The van der Waals surface area contributed by atoms with Crippen molar-refractivity contribution < 1.29 is 9.53 Å². The number of rotatable bonds is 4. The Labute approximate surface area is 85.4 Å². The fraction of sp³-hybridized carbons (Fsp3) is 0.900. The predicted molar refractivity (Wildman–Crippen MR) is 54.9 cm³/mol. The highest BCUT2D eigenvalue weighted by molar-refractivity contribution is 5.77. The van der Waals surface area contributed by atoms with Gasteiger partial charge in [-0.15, -0.1) is 0 Å². The molecule has 0 saturated carbocycles. The fourth-order valence-corrected chi connectivity index (χ4v) is 1.60. The molecule has 1 heterocycles. The van der Waals surface area contributed by atoms with Crippen molar-refractivity contribution in [2.45, 2.75) is 38.3 Å². The average molecular weight is 200 g/mol. The molecule has 1 unspecified atom stereocenters. The Morgan fingerprint density at radius 1 is 1.64 bits per heavy atom. The fourth-order valence-electron chi connectivity index (χ4n) is 1.60. The number of carbonyl (C=O) groups is 1. The van der Waals surface area contributed by atoms with Crippen LogP contribution in [0, 0.1) is 0 Å². The van der Waals surface area contributed by atoms with Crippen molar-refractivity contribution in [2.24, 2.45) is 5.73 Å². The Morgan fingerprint density at radius 3 is 2.64 bits per heavy atom. The first-order valence-corrected chi connectivity index (χ1v) is 5.04. The third-order valence-electron chi connectivity index (χ3n) is 2.62. The topological polar surface area (TPSA) is 55.6 Å². The smallest absolute Gasteiger partial charge is 0.222 e. The molecule has 4 nitrogen and oxygen atoms in total. The lowest BCUT2D eigenvalue weighted by Gasteiger charge is -2.45. The molecule has 14 heavy (non-hydrogen) atoms. The Kier molecular flexibility index (Phi) is 3.50. The quantitative estimate of drug-likeness (QED) is 0.713. The Morgan fingerprint density at radius 2 is 2.21 bits per heavy atom. The third kappa shape index (κ3) is 2.96. The van der Waals surface area contributed by atoms with Crippen LogP contribution in [0.5, 0.6) is 0 Å². The molecule has 0 aliphatic carbocycles. The van der Waals surface area contributed by atoms with E-state index in [4.69, 9.17) is 10.5 Å². The van der Waals surface area contributed by atoms with Gasteiger partial charge in [0.15, 0.2) is 0 Å². The second kappa shape index (κ2) is 4.28. The molecule has 1 amide bonds. The highest BCUT2D eigenvalue weighted by Gasteiger charge is 2.37. The van der Waals surface area contributed by atoms with E-state index in [1.54, 1.807) is 7.11 Å². The molecule has 1 fully saturated rings. The summed E-state index contributed by atoms with van der Waals surface area (Å²) in [6.07, 6.45) is 1.50. The van der Waals surface area contributed by atoms with Gasteiger partial charge in [-0.25, -0.2) is 0 Å². The van der Waals surface area contributed by atoms with Gasteiger partial charge in [-0.3, -0.25) is 4.79 Å². The zero-order chi connectivity index (χ0) is 10.8. The molecule has 1 atom stereocenters. The minimum atomic E-state index is -0.164. The zero-order valence-electron chi connectivity index (χ0n) is 9.25. The number of ether oxygens (including phenoxy) is 1. The molecule has 0 aromatic rings. The van der Waals surface area contributed by atoms with Crippen LogP contribution in [0.4, 0.5) is 0 Å². The molecule has 0 aromatic carbocycles. The van der Waals surface area contributed by atoms with Gasteiger partial charge in [0.05, 0.1) is 6.10 Å². The first-order chi connectivity index (χ1) is 6.44. The monoisotopic (exact) mass is 200 g/mol. The van der Waals surface area contributed by atoms with Crippen molar-refractivity contribution in [2.75, 3.05) is 20.2 Å². The summed E-state index contributed by atoms with van der Waals surface area (Å²) in [5.41, 5.74) is 5.65. The lowest BCUT2D eigenvalue weighted by Crippen LogP contribution is -2.66. The number of likely N-dealkylation sites (tertiary alicyclic amines) is 1. The molecule has 0 bridgehead atoms. The second-order valence-electron chi connectivity index (χ2n) is 4.49. The molecule has 82 valence electrons. The molecule has 0 aromatic heterocycles. The van der Waals surface area contributed by atoms with Gasteiger partial charge in [0.25, 0.3) is 0 Å². The number of hydrogen-bond donors (Lipinski definition) is 1. The summed E-state index contributed by atoms with van der Waals surface area (Å²) >= 11 is 0. The molecule has 1 saturated heterocycles. The molecule has 2 N–H and O–H groups in total. The number of hydrogen-bond acceptors (Lipinski definition) is 3. The SMILES string of the molecule is COC(C)CCC(=O)N1CC(C)(N)C1. The normalized spacial score (nSPS) is 21.6. The number of carbonyl (C=O) groups excluding carboxylic acids is 1. The molecule has 1 aliphatic heterocycles. The molecule has 1 rings (SSSR count). The van der Waals surface area contributed by atoms with E-state index >= 15 is 0 Å². The van der Waals surface area contributed by atoms with Crippen LogP contribution in [-0.2, 0) is 9.53 Å². The van der Waals surface area contributed by atoms with Crippen LogP contribution in [0.3, 0.4) is 0 Å². The minimum absolute atomic E-state index is 0.157. The Balaban J connectivity index is 2.18. The van der Waals surface area contributed by atoms with E-state index in [9.17, 15) is 4.79 Å². The van der Waals surface area contributed by atoms with Crippen molar-refractivity contribution in [3.05, 3.63) is 0 Å². The van der Waals surface area contributed by atoms with Gasteiger partial charge in [-0.05, 0) is 20.3 Å².